The summed E-state index contributed by atoms with van der Waals surface area (Å²) in [5, 5.41) is 5.62. The molecule has 0 saturated carbocycles. The van der Waals surface area contributed by atoms with Crippen molar-refractivity contribution in [2.24, 2.45) is 0 Å². The van der Waals surface area contributed by atoms with Crippen LogP contribution in [0.1, 0.15) is 17.5 Å². The first-order chi connectivity index (χ1) is 13.5. The van der Waals surface area contributed by atoms with Crippen molar-refractivity contribution in [3.05, 3.63) is 47.5 Å². The van der Waals surface area contributed by atoms with Gasteiger partial charge in [-0.2, -0.15) is 0 Å². The van der Waals surface area contributed by atoms with E-state index in [9.17, 15) is 9.59 Å². The molecule has 7 heteroatoms. The molecule has 3 rings (SSSR count). The summed E-state index contributed by atoms with van der Waals surface area (Å²) in [5.41, 5.74) is 2.66. The van der Waals surface area contributed by atoms with Crippen molar-refractivity contribution in [2.45, 2.75) is 25.9 Å². The molecule has 0 fully saturated rings. The number of hydrogen-bond acceptors (Lipinski definition) is 5. The summed E-state index contributed by atoms with van der Waals surface area (Å²) < 4.78 is 16.2. The lowest BCUT2D eigenvalue weighted by Gasteiger charge is -2.25. The number of nitrogens with one attached hydrogen (secondary N) is 2. The molecule has 0 aliphatic carbocycles. The smallest absolute Gasteiger partial charge is 0.266 e. The molecule has 7 nitrogen and oxygen atoms in total. The van der Waals surface area contributed by atoms with Gasteiger partial charge < -0.3 is 24.8 Å². The second-order valence-corrected chi connectivity index (χ2v) is 6.59. The minimum absolute atomic E-state index is 0.0366. The summed E-state index contributed by atoms with van der Waals surface area (Å²) in [6.45, 7) is 2.38. The normalized spacial score (nSPS) is 15.1. The molecular weight excluding hydrogens is 360 g/mol. The predicted molar refractivity (Wildman–Crippen MR) is 105 cm³/mol. The Bertz CT molecular complexity index is 881. The summed E-state index contributed by atoms with van der Waals surface area (Å²) in [7, 11) is 3.17. The molecule has 0 unspecified atom stereocenters. The van der Waals surface area contributed by atoms with Crippen molar-refractivity contribution in [1.82, 2.24) is 5.32 Å². The van der Waals surface area contributed by atoms with Crippen molar-refractivity contribution in [3.8, 4) is 17.2 Å². The third-order valence-electron chi connectivity index (χ3n) is 4.51. The molecule has 2 amide bonds. The van der Waals surface area contributed by atoms with Crippen LogP contribution in [0.15, 0.2) is 36.4 Å². The highest BCUT2D eigenvalue weighted by molar-refractivity contribution is 6.00. The van der Waals surface area contributed by atoms with E-state index in [2.05, 4.69) is 10.6 Å². The molecule has 148 valence electrons. The Labute approximate surface area is 164 Å². The first-order valence-corrected chi connectivity index (χ1v) is 9.06. The third kappa shape index (κ3) is 4.54. The Kier molecular flexibility index (Phi) is 6.03. The Hall–Kier alpha value is -3.22. The van der Waals surface area contributed by atoms with Crippen LogP contribution < -0.4 is 24.8 Å². The standard InChI is InChI=1S/C21H24N2O5/c1-13-4-6-16-15(10-13)23-21(25)19(28-16)12-20(24)22-9-8-14-5-7-17(26-2)18(11-14)27-3/h4-7,10-11,19H,8-9,12H2,1-3H3,(H,22,24)(H,23,25)/t19-/m1/s1. The number of amides is 2. The van der Waals surface area contributed by atoms with Crippen molar-refractivity contribution >= 4 is 17.5 Å². The van der Waals surface area contributed by atoms with Gasteiger partial charge in [0.2, 0.25) is 5.91 Å². The first kappa shape index (κ1) is 19.5. The SMILES string of the molecule is COc1ccc(CCNC(=O)C[C@H]2Oc3ccc(C)cc3NC2=O)cc1OC. The molecular formula is C21H24N2O5. The van der Waals surface area contributed by atoms with E-state index in [1.807, 2.05) is 37.3 Å². The molecule has 1 aliphatic rings. The van der Waals surface area contributed by atoms with Gasteiger partial charge in [0.15, 0.2) is 17.6 Å². The number of benzene rings is 2. The lowest BCUT2D eigenvalue weighted by atomic mass is 10.1. The average Bonchev–Trinajstić information content (AvgIpc) is 2.68. The van der Waals surface area contributed by atoms with Crippen LogP contribution in [0.4, 0.5) is 5.69 Å². The van der Waals surface area contributed by atoms with Gasteiger partial charge >= 0.3 is 0 Å². The van der Waals surface area contributed by atoms with Crippen LogP contribution in [0.2, 0.25) is 0 Å². The number of aryl methyl sites for hydroxylation is 1. The minimum atomic E-state index is -0.837. The Morgan fingerprint density at radius 3 is 2.68 bits per heavy atom. The number of methoxy groups -OCH3 is 2. The number of ether oxygens (including phenoxy) is 3. The molecule has 0 aromatic heterocycles. The van der Waals surface area contributed by atoms with Gasteiger partial charge in [0.05, 0.1) is 26.3 Å². The maximum absolute atomic E-state index is 12.2. The molecule has 0 spiro atoms. The van der Waals surface area contributed by atoms with Crippen LogP contribution in [0, 0.1) is 6.92 Å². The van der Waals surface area contributed by atoms with E-state index in [0.717, 1.165) is 11.1 Å². The highest BCUT2D eigenvalue weighted by Crippen LogP contribution is 2.31. The number of anilines is 1. The van der Waals surface area contributed by atoms with Gasteiger partial charge in [-0.25, -0.2) is 0 Å². The van der Waals surface area contributed by atoms with Gasteiger partial charge in [-0.15, -0.1) is 0 Å². The summed E-state index contributed by atoms with van der Waals surface area (Å²) >= 11 is 0. The summed E-state index contributed by atoms with van der Waals surface area (Å²) in [6.07, 6.45) is -0.243. The highest BCUT2D eigenvalue weighted by Gasteiger charge is 2.29. The second kappa shape index (κ2) is 8.65. The van der Waals surface area contributed by atoms with E-state index in [4.69, 9.17) is 14.2 Å². The minimum Gasteiger partial charge on any atom is -0.493 e. The number of carbonyl (C=O) groups is 2. The van der Waals surface area contributed by atoms with Gasteiger partial charge in [0, 0.05) is 6.54 Å². The lowest BCUT2D eigenvalue weighted by Crippen LogP contribution is -2.41. The zero-order chi connectivity index (χ0) is 20.1. The van der Waals surface area contributed by atoms with Crippen LogP contribution in [0.25, 0.3) is 0 Å². The number of rotatable bonds is 7. The number of fused-ring (bicyclic) bond motifs is 1. The molecule has 0 bridgehead atoms. The molecule has 2 N–H and O–H groups in total. The molecule has 2 aromatic carbocycles. The molecule has 1 heterocycles. The van der Waals surface area contributed by atoms with Crippen molar-refractivity contribution in [3.63, 3.8) is 0 Å². The monoisotopic (exact) mass is 384 g/mol. The summed E-state index contributed by atoms with van der Waals surface area (Å²) in [6, 6.07) is 11.2. The van der Waals surface area contributed by atoms with Gasteiger partial charge in [-0.3, -0.25) is 9.59 Å². The van der Waals surface area contributed by atoms with E-state index >= 15 is 0 Å². The Balaban J connectivity index is 1.51. The van der Waals surface area contributed by atoms with E-state index in [1.54, 1.807) is 20.3 Å². The van der Waals surface area contributed by atoms with E-state index in [0.29, 0.717) is 35.9 Å². The fourth-order valence-electron chi connectivity index (χ4n) is 3.02. The Morgan fingerprint density at radius 2 is 1.93 bits per heavy atom. The molecule has 0 radical (unpaired) electrons. The number of carbonyl (C=O) groups excluding carboxylic acids is 2. The molecule has 0 saturated heterocycles. The van der Waals surface area contributed by atoms with Crippen LogP contribution in [0.3, 0.4) is 0 Å². The van der Waals surface area contributed by atoms with Crippen LogP contribution in [0.5, 0.6) is 17.2 Å². The van der Waals surface area contributed by atoms with Crippen molar-refractivity contribution in [2.75, 3.05) is 26.1 Å². The van der Waals surface area contributed by atoms with Crippen LogP contribution in [-0.4, -0.2) is 38.7 Å². The van der Waals surface area contributed by atoms with E-state index < -0.39 is 6.10 Å². The fourth-order valence-corrected chi connectivity index (χ4v) is 3.02. The van der Waals surface area contributed by atoms with Crippen molar-refractivity contribution < 1.29 is 23.8 Å². The highest BCUT2D eigenvalue weighted by atomic mass is 16.5. The maximum Gasteiger partial charge on any atom is 0.266 e. The van der Waals surface area contributed by atoms with Gasteiger partial charge in [-0.05, 0) is 48.7 Å². The molecule has 1 aliphatic heterocycles. The fraction of sp³-hybridized carbons (Fsp3) is 0.333. The zero-order valence-electron chi connectivity index (χ0n) is 16.2. The average molecular weight is 384 g/mol. The van der Waals surface area contributed by atoms with Crippen LogP contribution >= 0.6 is 0 Å². The molecule has 1 atom stereocenters. The molecule has 2 aromatic rings. The van der Waals surface area contributed by atoms with Crippen LogP contribution in [-0.2, 0) is 16.0 Å². The lowest BCUT2D eigenvalue weighted by molar-refractivity contribution is -0.130. The van der Waals surface area contributed by atoms with Gasteiger partial charge in [0.25, 0.3) is 5.91 Å². The van der Waals surface area contributed by atoms with E-state index in [1.165, 1.54) is 0 Å². The second-order valence-electron chi connectivity index (χ2n) is 6.59. The third-order valence-corrected chi connectivity index (χ3v) is 4.51. The predicted octanol–water partition coefficient (Wildman–Crippen LogP) is 2.46. The van der Waals surface area contributed by atoms with Gasteiger partial charge in [-0.1, -0.05) is 12.1 Å². The first-order valence-electron chi connectivity index (χ1n) is 9.06. The number of hydrogen-bond donors (Lipinski definition) is 2. The van der Waals surface area contributed by atoms with Gasteiger partial charge in [0.1, 0.15) is 5.75 Å². The Morgan fingerprint density at radius 1 is 1.14 bits per heavy atom. The maximum atomic E-state index is 12.2. The summed E-state index contributed by atoms with van der Waals surface area (Å²) in [5.74, 6) is 1.33. The topological polar surface area (TPSA) is 85.9 Å². The quantitative estimate of drug-likeness (QED) is 0.766. The zero-order valence-corrected chi connectivity index (χ0v) is 16.2. The molecule has 28 heavy (non-hydrogen) atoms. The van der Waals surface area contributed by atoms with E-state index in [-0.39, 0.29) is 18.2 Å². The van der Waals surface area contributed by atoms with Crippen molar-refractivity contribution in [1.29, 1.82) is 0 Å². The largest absolute Gasteiger partial charge is 0.493 e. The summed E-state index contributed by atoms with van der Waals surface area (Å²) in [4.78, 5) is 24.4.